The Hall–Kier alpha value is -2.11. The molecule has 1 heterocycles. The lowest BCUT2D eigenvalue weighted by Gasteiger charge is -2.52. The summed E-state index contributed by atoms with van der Waals surface area (Å²) in [5.74, 6) is 0.504. The molecular formula is C24H34O6. The average molecular weight is 419 g/mol. The molecule has 2 fully saturated rings. The van der Waals surface area contributed by atoms with Crippen LogP contribution in [0.5, 0.6) is 0 Å². The van der Waals surface area contributed by atoms with E-state index in [0.29, 0.717) is 11.8 Å². The first-order valence-corrected chi connectivity index (χ1v) is 11.1. The fourth-order valence-corrected chi connectivity index (χ4v) is 6.40. The fourth-order valence-electron chi connectivity index (χ4n) is 6.40. The van der Waals surface area contributed by atoms with Gasteiger partial charge in [-0.15, -0.1) is 0 Å². The van der Waals surface area contributed by atoms with Gasteiger partial charge in [-0.25, -0.2) is 0 Å². The molecule has 0 spiro atoms. The number of carboxylic acids is 1. The molecule has 2 bridgehead atoms. The summed E-state index contributed by atoms with van der Waals surface area (Å²) >= 11 is 0. The van der Waals surface area contributed by atoms with E-state index in [1.807, 2.05) is 0 Å². The molecule has 1 saturated carbocycles. The second kappa shape index (κ2) is 8.56. The number of esters is 1. The Bertz CT molecular complexity index is 768. The lowest BCUT2D eigenvalue weighted by atomic mass is 9.51. The van der Waals surface area contributed by atoms with Crippen LogP contribution in [-0.4, -0.2) is 35.5 Å². The van der Waals surface area contributed by atoms with Crippen LogP contribution in [0.4, 0.5) is 0 Å². The summed E-state index contributed by atoms with van der Waals surface area (Å²) in [7, 11) is 0. The predicted octanol–water partition coefficient (Wildman–Crippen LogP) is 4.15. The zero-order valence-electron chi connectivity index (χ0n) is 18.6. The Morgan fingerprint density at radius 2 is 2.03 bits per heavy atom. The van der Waals surface area contributed by atoms with Gasteiger partial charge in [-0.1, -0.05) is 41.0 Å². The molecule has 0 aromatic heterocycles. The molecular weight excluding hydrogens is 384 g/mol. The van der Waals surface area contributed by atoms with E-state index in [0.717, 1.165) is 30.5 Å². The molecule has 1 saturated heterocycles. The lowest BCUT2D eigenvalue weighted by Crippen LogP contribution is -2.51. The van der Waals surface area contributed by atoms with E-state index < -0.39 is 11.9 Å². The van der Waals surface area contributed by atoms with Gasteiger partial charge in [0.05, 0.1) is 12.8 Å². The summed E-state index contributed by atoms with van der Waals surface area (Å²) in [5, 5.41) is 8.87. The van der Waals surface area contributed by atoms with Crippen LogP contribution in [0, 0.1) is 35.0 Å². The summed E-state index contributed by atoms with van der Waals surface area (Å²) < 4.78 is 12.2. The third kappa shape index (κ3) is 3.69. The maximum atomic E-state index is 12.4. The fraction of sp³-hybridized carbons (Fsp3) is 0.708. The number of fused-ring (bicyclic) bond motifs is 4. The number of allylic oxidation sites excluding steroid dienone is 2. The van der Waals surface area contributed by atoms with E-state index >= 15 is 0 Å². The number of ether oxygens (including phenoxy) is 2. The Balaban J connectivity index is 2.00. The minimum Gasteiger partial charge on any atom is -0.490 e. The molecule has 3 aliphatic rings. The van der Waals surface area contributed by atoms with Gasteiger partial charge in [-0.3, -0.25) is 14.4 Å². The van der Waals surface area contributed by atoms with Crippen LogP contribution in [0.1, 0.15) is 60.3 Å². The Morgan fingerprint density at radius 3 is 2.63 bits per heavy atom. The molecule has 6 heteroatoms. The molecule has 1 unspecified atom stereocenters. The van der Waals surface area contributed by atoms with E-state index in [2.05, 4.69) is 40.7 Å². The van der Waals surface area contributed by atoms with Crippen molar-refractivity contribution < 1.29 is 29.0 Å². The first kappa shape index (κ1) is 22.6. The number of aliphatic carboxylic acids is 1. The zero-order valence-corrected chi connectivity index (χ0v) is 18.6. The van der Waals surface area contributed by atoms with Crippen molar-refractivity contribution in [2.24, 2.45) is 35.0 Å². The number of carbonyl (C=O) groups excluding carboxylic acids is 2. The van der Waals surface area contributed by atoms with Gasteiger partial charge in [0.1, 0.15) is 24.3 Å². The lowest BCUT2D eigenvalue weighted by molar-refractivity contribution is -0.155. The molecule has 2 aliphatic carbocycles. The van der Waals surface area contributed by atoms with Crippen molar-refractivity contribution in [1.29, 1.82) is 0 Å². The minimum atomic E-state index is -1.01. The average Bonchev–Trinajstić information content (AvgIpc) is 2.87. The normalized spacial score (nSPS) is 39.5. The van der Waals surface area contributed by atoms with E-state index in [9.17, 15) is 14.4 Å². The first-order chi connectivity index (χ1) is 14.1. The molecule has 8 atom stereocenters. The molecule has 0 aromatic rings. The van der Waals surface area contributed by atoms with Gasteiger partial charge in [-0.2, -0.15) is 0 Å². The minimum absolute atomic E-state index is 0.106. The summed E-state index contributed by atoms with van der Waals surface area (Å²) in [4.78, 5) is 34.6. The van der Waals surface area contributed by atoms with Crippen molar-refractivity contribution in [2.75, 3.05) is 0 Å². The molecule has 0 aromatic carbocycles. The highest BCUT2D eigenvalue weighted by Gasteiger charge is 2.63. The zero-order chi connectivity index (χ0) is 22.2. The number of rotatable bonds is 7. The Kier molecular flexibility index (Phi) is 6.44. The highest BCUT2D eigenvalue weighted by atomic mass is 16.5. The maximum Gasteiger partial charge on any atom is 0.306 e. The van der Waals surface area contributed by atoms with Gasteiger partial charge in [0.25, 0.3) is 0 Å². The molecule has 1 N–H and O–H groups in total. The van der Waals surface area contributed by atoms with Gasteiger partial charge >= 0.3 is 11.9 Å². The molecule has 1 aliphatic heterocycles. The van der Waals surface area contributed by atoms with Crippen molar-refractivity contribution in [2.45, 2.75) is 72.5 Å². The second-order valence-electron chi connectivity index (χ2n) is 9.58. The summed E-state index contributed by atoms with van der Waals surface area (Å²) in [6.07, 6.45) is 5.50. The van der Waals surface area contributed by atoms with Crippen LogP contribution in [-0.2, 0) is 23.9 Å². The van der Waals surface area contributed by atoms with Gasteiger partial charge in [0.15, 0.2) is 0 Å². The standard InChI is InChI=1S/C24H34O6/c1-6-13(2)22-17-12-16-21(24(22,5)18(29-17)9-10-25)14(3)11-15(4)23(16)30-20(28)8-7-19(26)27/h9-10,12-15,17,21-23H,6-8,11H2,1-5H3,(H,26,27)/b18-9-/t13?,14-,15+,17+,21+,22+,23-,24-/m1/s1. The van der Waals surface area contributed by atoms with Gasteiger partial charge in [0, 0.05) is 17.4 Å². The smallest absolute Gasteiger partial charge is 0.306 e. The van der Waals surface area contributed by atoms with E-state index in [1.54, 1.807) is 6.08 Å². The quantitative estimate of drug-likeness (QED) is 0.289. The van der Waals surface area contributed by atoms with E-state index in [4.69, 9.17) is 14.6 Å². The van der Waals surface area contributed by atoms with Crippen LogP contribution in [0.25, 0.3) is 0 Å². The first-order valence-electron chi connectivity index (χ1n) is 11.1. The highest BCUT2D eigenvalue weighted by molar-refractivity contribution is 5.76. The van der Waals surface area contributed by atoms with Crippen LogP contribution in [0.2, 0.25) is 0 Å². The topological polar surface area (TPSA) is 89.9 Å². The van der Waals surface area contributed by atoms with E-state index in [-0.39, 0.29) is 48.2 Å². The largest absolute Gasteiger partial charge is 0.490 e. The molecule has 0 amide bonds. The summed E-state index contributed by atoms with van der Waals surface area (Å²) in [6, 6.07) is 0. The number of aldehydes is 1. The molecule has 30 heavy (non-hydrogen) atoms. The number of carbonyl (C=O) groups is 3. The number of carboxylic acid groups (broad SMARTS) is 1. The van der Waals surface area contributed by atoms with Gasteiger partial charge < -0.3 is 14.6 Å². The van der Waals surface area contributed by atoms with Gasteiger partial charge in [-0.05, 0) is 41.7 Å². The molecule has 3 rings (SSSR count). The summed E-state index contributed by atoms with van der Waals surface area (Å²) in [6.45, 7) is 10.9. The Morgan fingerprint density at radius 1 is 1.33 bits per heavy atom. The second-order valence-corrected chi connectivity index (χ2v) is 9.58. The van der Waals surface area contributed by atoms with Gasteiger partial charge in [0.2, 0.25) is 0 Å². The predicted molar refractivity (Wildman–Crippen MR) is 111 cm³/mol. The van der Waals surface area contributed by atoms with Crippen molar-refractivity contribution in [3.05, 3.63) is 23.5 Å². The maximum absolute atomic E-state index is 12.4. The van der Waals surface area contributed by atoms with Crippen LogP contribution >= 0.6 is 0 Å². The van der Waals surface area contributed by atoms with Crippen LogP contribution < -0.4 is 0 Å². The third-order valence-corrected chi connectivity index (χ3v) is 7.64. The van der Waals surface area contributed by atoms with Crippen LogP contribution in [0.3, 0.4) is 0 Å². The Labute approximate surface area is 178 Å². The number of hydrogen-bond donors (Lipinski definition) is 1. The molecule has 166 valence electrons. The monoisotopic (exact) mass is 418 g/mol. The van der Waals surface area contributed by atoms with Crippen molar-refractivity contribution in [3.8, 4) is 0 Å². The summed E-state index contributed by atoms with van der Waals surface area (Å²) in [5.41, 5.74) is 0.738. The van der Waals surface area contributed by atoms with Crippen molar-refractivity contribution in [3.63, 3.8) is 0 Å². The van der Waals surface area contributed by atoms with E-state index in [1.165, 1.54) is 0 Å². The highest BCUT2D eigenvalue weighted by Crippen LogP contribution is 2.64. The number of hydrogen-bond acceptors (Lipinski definition) is 5. The molecule has 6 nitrogen and oxygen atoms in total. The molecule has 0 radical (unpaired) electrons. The van der Waals surface area contributed by atoms with Crippen molar-refractivity contribution >= 4 is 18.2 Å². The third-order valence-electron chi connectivity index (χ3n) is 7.64. The van der Waals surface area contributed by atoms with Crippen LogP contribution in [0.15, 0.2) is 23.5 Å². The van der Waals surface area contributed by atoms with Crippen molar-refractivity contribution in [1.82, 2.24) is 0 Å². The SMILES string of the molecule is CCC(C)[C@H]1[C@@H]2C=C3[C@H]([C@H](C)C[C@H](C)[C@H]3OC(=O)CCC(=O)O)[C@@]1(C)/C(=C/C=O)O2.